The summed E-state index contributed by atoms with van der Waals surface area (Å²) in [6.45, 7) is 3.68. The third-order valence-electron chi connectivity index (χ3n) is 2.79. The van der Waals surface area contributed by atoms with Gasteiger partial charge in [0.1, 0.15) is 11.6 Å². The number of nitrogens with one attached hydrogen (secondary N) is 2. The zero-order chi connectivity index (χ0) is 15.2. The van der Waals surface area contributed by atoms with E-state index in [1.54, 1.807) is 7.11 Å². The fraction of sp³-hybridized carbons (Fsp3) is 0.357. The van der Waals surface area contributed by atoms with Gasteiger partial charge in [0.25, 0.3) is 0 Å². The number of hydrogen-bond acceptors (Lipinski definition) is 5. The van der Waals surface area contributed by atoms with Gasteiger partial charge in [0.2, 0.25) is 5.91 Å². The van der Waals surface area contributed by atoms with Crippen LogP contribution < -0.4 is 10.1 Å². The molecule has 1 aromatic heterocycles. The average Bonchev–Trinajstić information content (AvgIpc) is 2.92. The van der Waals surface area contributed by atoms with Gasteiger partial charge in [0.15, 0.2) is 5.82 Å². The summed E-state index contributed by atoms with van der Waals surface area (Å²) in [5.74, 6) is 2.38. The number of carbonyl (C=O) groups is 1. The highest BCUT2D eigenvalue weighted by Gasteiger charge is 2.13. The quantitative estimate of drug-likeness (QED) is 0.799. The summed E-state index contributed by atoms with van der Waals surface area (Å²) in [5, 5.41) is 9.67. The average molecular weight is 306 g/mol. The highest BCUT2D eigenvalue weighted by molar-refractivity contribution is 8.00. The number of aromatic amines is 1. The van der Waals surface area contributed by atoms with Crippen LogP contribution in [-0.4, -0.2) is 34.0 Å². The normalized spacial score (nSPS) is 12.0. The van der Waals surface area contributed by atoms with Gasteiger partial charge in [-0.2, -0.15) is 5.10 Å². The van der Waals surface area contributed by atoms with Gasteiger partial charge >= 0.3 is 0 Å². The number of aryl methyl sites for hydroxylation is 1. The highest BCUT2D eigenvalue weighted by Crippen LogP contribution is 2.22. The lowest BCUT2D eigenvalue weighted by Crippen LogP contribution is -2.28. The van der Waals surface area contributed by atoms with Crippen LogP contribution in [0, 0.1) is 6.92 Å². The predicted molar refractivity (Wildman–Crippen MR) is 81.4 cm³/mol. The number of methoxy groups -OCH3 is 1. The zero-order valence-electron chi connectivity index (χ0n) is 12.2. The molecule has 0 aliphatic rings. The van der Waals surface area contributed by atoms with Gasteiger partial charge in [0, 0.05) is 4.90 Å². The molecule has 112 valence electrons. The topological polar surface area (TPSA) is 79.9 Å². The first-order chi connectivity index (χ1) is 10.1. The summed E-state index contributed by atoms with van der Waals surface area (Å²) in [6, 6.07) is 7.41. The summed E-state index contributed by atoms with van der Waals surface area (Å²) >= 11 is 1.46. The highest BCUT2D eigenvalue weighted by atomic mass is 32.2. The molecule has 21 heavy (non-hydrogen) atoms. The molecule has 0 saturated carbocycles. The summed E-state index contributed by atoms with van der Waals surface area (Å²) < 4.78 is 5.15. The van der Waals surface area contributed by atoms with Crippen LogP contribution in [0.3, 0.4) is 0 Å². The number of H-pyrrole nitrogens is 1. The Labute approximate surface area is 127 Å². The molecule has 0 radical (unpaired) electrons. The second-order valence-corrected chi connectivity index (χ2v) is 5.58. The molecule has 2 rings (SSSR count). The number of ether oxygens (including phenoxy) is 1. The third kappa shape index (κ3) is 4.49. The Hall–Kier alpha value is -2.02. The third-order valence-corrected chi connectivity index (χ3v) is 3.78. The first kappa shape index (κ1) is 15.4. The molecule has 0 fully saturated rings. The standard InChI is InChI=1S/C14H18N4O2S/c1-9(14-16-10(2)17-18-14)15-13(19)8-21-12-6-4-5-11(7-12)20-3/h4-7,9H,8H2,1-3H3,(H,15,19)(H,16,17,18). The number of aromatic nitrogens is 3. The lowest BCUT2D eigenvalue weighted by molar-refractivity contribution is -0.119. The van der Waals surface area contributed by atoms with E-state index in [0.29, 0.717) is 11.6 Å². The Morgan fingerprint density at radius 3 is 3.00 bits per heavy atom. The molecule has 0 aliphatic heterocycles. The SMILES string of the molecule is COc1cccc(SCC(=O)NC(C)c2n[nH]c(C)n2)c1. The van der Waals surface area contributed by atoms with Crippen molar-refractivity contribution in [2.24, 2.45) is 0 Å². The number of carbonyl (C=O) groups excluding carboxylic acids is 1. The molecule has 1 aromatic carbocycles. The minimum absolute atomic E-state index is 0.0576. The van der Waals surface area contributed by atoms with E-state index < -0.39 is 0 Å². The first-order valence-electron chi connectivity index (χ1n) is 6.53. The summed E-state index contributed by atoms with van der Waals surface area (Å²) in [6.07, 6.45) is 0. The minimum Gasteiger partial charge on any atom is -0.497 e. The number of hydrogen-bond donors (Lipinski definition) is 2. The van der Waals surface area contributed by atoms with Crippen LogP contribution in [0.25, 0.3) is 0 Å². The zero-order valence-corrected chi connectivity index (χ0v) is 13.0. The Morgan fingerprint density at radius 1 is 1.52 bits per heavy atom. The molecule has 6 nitrogen and oxygen atoms in total. The maximum Gasteiger partial charge on any atom is 0.230 e. The molecule has 0 saturated heterocycles. The van der Waals surface area contributed by atoms with Gasteiger partial charge in [-0.1, -0.05) is 6.07 Å². The Balaban J connectivity index is 1.84. The number of thioether (sulfide) groups is 1. The van der Waals surface area contributed by atoms with Crippen LogP contribution in [0.4, 0.5) is 0 Å². The van der Waals surface area contributed by atoms with Gasteiger partial charge in [-0.25, -0.2) is 4.98 Å². The lowest BCUT2D eigenvalue weighted by Gasteiger charge is -2.10. The Bertz CT molecular complexity index is 615. The van der Waals surface area contributed by atoms with E-state index in [1.807, 2.05) is 38.1 Å². The van der Waals surface area contributed by atoms with Crippen LogP contribution in [-0.2, 0) is 4.79 Å². The molecule has 1 heterocycles. The van der Waals surface area contributed by atoms with Crippen molar-refractivity contribution in [2.75, 3.05) is 12.9 Å². The van der Waals surface area contributed by atoms with Gasteiger partial charge < -0.3 is 10.1 Å². The molecule has 0 spiro atoms. The number of rotatable bonds is 6. The van der Waals surface area contributed by atoms with Crippen molar-refractivity contribution in [1.29, 1.82) is 0 Å². The second-order valence-electron chi connectivity index (χ2n) is 4.54. The summed E-state index contributed by atoms with van der Waals surface area (Å²) in [4.78, 5) is 17.1. The van der Waals surface area contributed by atoms with E-state index in [2.05, 4.69) is 20.5 Å². The maximum absolute atomic E-state index is 11.9. The summed E-state index contributed by atoms with van der Waals surface area (Å²) in [7, 11) is 1.62. The van der Waals surface area contributed by atoms with E-state index in [1.165, 1.54) is 11.8 Å². The molecule has 1 amide bonds. The number of benzene rings is 1. The molecular formula is C14H18N4O2S. The molecular weight excluding hydrogens is 288 g/mol. The van der Waals surface area contributed by atoms with E-state index in [-0.39, 0.29) is 11.9 Å². The van der Waals surface area contributed by atoms with Gasteiger partial charge in [-0.05, 0) is 32.0 Å². The fourth-order valence-corrected chi connectivity index (χ4v) is 2.50. The number of amides is 1. The fourth-order valence-electron chi connectivity index (χ4n) is 1.74. The van der Waals surface area contributed by atoms with Crippen molar-refractivity contribution in [3.63, 3.8) is 0 Å². The van der Waals surface area contributed by atoms with Crippen molar-refractivity contribution in [1.82, 2.24) is 20.5 Å². The van der Waals surface area contributed by atoms with E-state index in [9.17, 15) is 4.79 Å². The van der Waals surface area contributed by atoms with Crippen molar-refractivity contribution in [3.05, 3.63) is 35.9 Å². The van der Waals surface area contributed by atoms with Crippen molar-refractivity contribution in [2.45, 2.75) is 24.8 Å². The Morgan fingerprint density at radius 2 is 2.33 bits per heavy atom. The van der Waals surface area contributed by atoms with E-state index in [4.69, 9.17) is 4.74 Å². The second kappa shape index (κ2) is 7.12. The molecule has 1 atom stereocenters. The van der Waals surface area contributed by atoms with E-state index in [0.717, 1.165) is 16.5 Å². The molecule has 0 aliphatic carbocycles. The minimum atomic E-state index is -0.214. The molecule has 1 unspecified atom stereocenters. The lowest BCUT2D eigenvalue weighted by atomic mass is 10.3. The van der Waals surface area contributed by atoms with E-state index >= 15 is 0 Å². The Kier molecular flexibility index (Phi) is 5.21. The molecule has 7 heteroatoms. The maximum atomic E-state index is 11.9. The predicted octanol–water partition coefficient (Wildman–Crippen LogP) is 2.09. The van der Waals surface area contributed by atoms with Gasteiger partial charge in [0.05, 0.1) is 18.9 Å². The van der Waals surface area contributed by atoms with Crippen LogP contribution in [0.2, 0.25) is 0 Å². The molecule has 2 aromatic rings. The van der Waals surface area contributed by atoms with Crippen molar-refractivity contribution >= 4 is 17.7 Å². The largest absolute Gasteiger partial charge is 0.497 e. The first-order valence-corrected chi connectivity index (χ1v) is 7.52. The number of nitrogens with zero attached hydrogens (tertiary/aromatic N) is 2. The van der Waals surface area contributed by atoms with Crippen LogP contribution >= 0.6 is 11.8 Å². The molecule has 0 bridgehead atoms. The van der Waals surface area contributed by atoms with Crippen LogP contribution in [0.15, 0.2) is 29.2 Å². The van der Waals surface area contributed by atoms with Gasteiger partial charge in [-0.15, -0.1) is 11.8 Å². The van der Waals surface area contributed by atoms with Crippen molar-refractivity contribution < 1.29 is 9.53 Å². The summed E-state index contributed by atoms with van der Waals surface area (Å²) in [5.41, 5.74) is 0. The van der Waals surface area contributed by atoms with Gasteiger partial charge in [-0.3, -0.25) is 9.89 Å². The smallest absolute Gasteiger partial charge is 0.230 e. The monoisotopic (exact) mass is 306 g/mol. The molecule has 2 N–H and O–H groups in total. The van der Waals surface area contributed by atoms with Crippen molar-refractivity contribution in [3.8, 4) is 5.75 Å². The van der Waals surface area contributed by atoms with Crippen LogP contribution in [0.5, 0.6) is 5.75 Å². The van der Waals surface area contributed by atoms with Crippen LogP contribution in [0.1, 0.15) is 24.6 Å².